The van der Waals surface area contributed by atoms with E-state index in [4.69, 9.17) is 4.74 Å². The molecule has 1 spiro atoms. The highest BCUT2D eigenvalue weighted by Gasteiger charge is 2.37. The van der Waals surface area contributed by atoms with Crippen LogP contribution in [0.4, 0.5) is 4.39 Å². The third-order valence-electron chi connectivity index (χ3n) is 4.76. The van der Waals surface area contributed by atoms with E-state index in [1.807, 2.05) is 36.4 Å². The molecule has 2 aliphatic rings. The summed E-state index contributed by atoms with van der Waals surface area (Å²) in [6.07, 6.45) is 7.80. The predicted molar refractivity (Wildman–Crippen MR) is 86.4 cm³/mol. The van der Waals surface area contributed by atoms with Crippen LogP contribution in [0, 0.1) is 5.82 Å². The molecule has 0 radical (unpaired) electrons. The van der Waals surface area contributed by atoms with Crippen molar-refractivity contribution in [1.82, 2.24) is 0 Å². The molecule has 0 amide bonds. The van der Waals surface area contributed by atoms with Crippen LogP contribution >= 0.6 is 0 Å². The quantitative estimate of drug-likeness (QED) is 0.688. The Labute approximate surface area is 130 Å². The minimum absolute atomic E-state index is 0.170. The van der Waals surface area contributed by atoms with Crippen molar-refractivity contribution in [2.75, 3.05) is 0 Å². The highest BCUT2D eigenvalue weighted by Crippen LogP contribution is 2.45. The SMILES string of the molecule is Fc1ccccc1C1=CC2(CCCCC2)Oc2ccccc21. The number of benzene rings is 2. The second-order valence-corrected chi connectivity index (χ2v) is 6.26. The molecular formula is C20H19FO. The number of ether oxygens (including phenoxy) is 1. The molecule has 1 aliphatic heterocycles. The predicted octanol–water partition coefficient (Wildman–Crippen LogP) is 5.35. The summed E-state index contributed by atoms with van der Waals surface area (Å²) in [5.74, 6) is 0.710. The van der Waals surface area contributed by atoms with E-state index < -0.39 is 0 Å². The van der Waals surface area contributed by atoms with Crippen molar-refractivity contribution in [2.24, 2.45) is 0 Å². The third-order valence-corrected chi connectivity index (χ3v) is 4.76. The molecule has 1 nitrogen and oxygen atoms in total. The third kappa shape index (κ3) is 2.23. The molecule has 1 saturated carbocycles. The fourth-order valence-electron chi connectivity index (χ4n) is 3.67. The smallest absolute Gasteiger partial charge is 0.131 e. The summed E-state index contributed by atoms with van der Waals surface area (Å²) in [6, 6.07) is 15.0. The Kier molecular flexibility index (Phi) is 3.25. The standard InChI is InChI=1S/C20H19FO/c21-18-10-4-2-8-15(18)17-14-20(12-6-1-7-13-20)22-19-11-5-3-9-16(17)19/h2-5,8-11,14H,1,6-7,12-13H2. The first kappa shape index (κ1) is 13.6. The normalized spacial score (nSPS) is 19.2. The van der Waals surface area contributed by atoms with Crippen LogP contribution < -0.4 is 4.74 Å². The Hall–Kier alpha value is -2.09. The van der Waals surface area contributed by atoms with Crippen molar-refractivity contribution in [1.29, 1.82) is 0 Å². The van der Waals surface area contributed by atoms with Crippen LogP contribution in [-0.4, -0.2) is 5.60 Å². The molecule has 4 rings (SSSR count). The zero-order valence-electron chi connectivity index (χ0n) is 12.5. The van der Waals surface area contributed by atoms with Gasteiger partial charge >= 0.3 is 0 Å². The maximum atomic E-state index is 14.3. The van der Waals surface area contributed by atoms with E-state index in [1.165, 1.54) is 25.3 Å². The van der Waals surface area contributed by atoms with Gasteiger partial charge in [0.25, 0.3) is 0 Å². The Bertz CT molecular complexity index is 726. The van der Waals surface area contributed by atoms with E-state index >= 15 is 0 Å². The summed E-state index contributed by atoms with van der Waals surface area (Å²) in [7, 11) is 0. The number of para-hydroxylation sites is 1. The zero-order valence-corrected chi connectivity index (χ0v) is 12.5. The van der Waals surface area contributed by atoms with Gasteiger partial charge in [-0.05, 0) is 49.5 Å². The highest BCUT2D eigenvalue weighted by atomic mass is 19.1. The van der Waals surface area contributed by atoms with Crippen LogP contribution in [-0.2, 0) is 0 Å². The first-order chi connectivity index (χ1) is 10.8. The molecule has 0 bridgehead atoms. The molecule has 112 valence electrons. The lowest BCUT2D eigenvalue weighted by atomic mass is 9.79. The van der Waals surface area contributed by atoms with Gasteiger partial charge in [-0.15, -0.1) is 0 Å². The van der Waals surface area contributed by atoms with Crippen molar-refractivity contribution < 1.29 is 9.13 Å². The Balaban J connectivity index is 1.90. The zero-order chi connectivity index (χ0) is 15.0. The lowest BCUT2D eigenvalue weighted by molar-refractivity contribution is 0.0746. The Morgan fingerprint density at radius 3 is 2.27 bits per heavy atom. The largest absolute Gasteiger partial charge is 0.483 e. The summed E-state index contributed by atoms with van der Waals surface area (Å²) >= 11 is 0. The number of hydrogen-bond donors (Lipinski definition) is 0. The lowest BCUT2D eigenvalue weighted by Crippen LogP contribution is -2.38. The van der Waals surface area contributed by atoms with E-state index in [2.05, 4.69) is 6.08 Å². The van der Waals surface area contributed by atoms with Crippen molar-refractivity contribution in [2.45, 2.75) is 37.7 Å². The second kappa shape index (κ2) is 5.28. The molecule has 2 aromatic rings. The average Bonchev–Trinajstić information content (AvgIpc) is 2.55. The van der Waals surface area contributed by atoms with Gasteiger partial charge in [-0.3, -0.25) is 0 Å². The molecule has 0 atom stereocenters. The molecule has 2 heteroatoms. The van der Waals surface area contributed by atoms with Gasteiger partial charge in [0.15, 0.2) is 0 Å². The van der Waals surface area contributed by atoms with Crippen molar-refractivity contribution in [3.63, 3.8) is 0 Å². The van der Waals surface area contributed by atoms with E-state index in [0.29, 0.717) is 5.56 Å². The maximum Gasteiger partial charge on any atom is 0.131 e. The van der Waals surface area contributed by atoms with Crippen LogP contribution in [0.1, 0.15) is 43.2 Å². The van der Waals surface area contributed by atoms with Gasteiger partial charge < -0.3 is 4.74 Å². The van der Waals surface area contributed by atoms with Crippen LogP contribution in [0.15, 0.2) is 54.6 Å². The van der Waals surface area contributed by atoms with E-state index in [1.54, 1.807) is 6.07 Å². The van der Waals surface area contributed by atoms with E-state index in [9.17, 15) is 4.39 Å². The molecule has 2 aromatic carbocycles. The van der Waals surface area contributed by atoms with Gasteiger partial charge in [-0.25, -0.2) is 4.39 Å². The summed E-state index contributed by atoms with van der Waals surface area (Å²) in [6.45, 7) is 0. The first-order valence-corrected chi connectivity index (χ1v) is 8.04. The highest BCUT2D eigenvalue weighted by molar-refractivity contribution is 5.85. The minimum atomic E-state index is -0.260. The summed E-state index contributed by atoms with van der Waals surface area (Å²) in [5, 5.41) is 0. The van der Waals surface area contributed by atoms with Gasteiger partial charge in [0.2, 0.25) is 0 Å². The van der Waals surface area contributed by atoms with Crippen LogP contribution in [0.25, 0.3) is 5.57 Å². The van der Waals surface area contributed by atoms with Crippen LogP contribution in [0.3, 0.4) is 0 Å². The number of fused-ring (bicyclic) bond motifs is 1. The van der Waals surface area contributed by atoms with E-state index in [0.717, 1.165) is 29.7 Å². The molecule has 22 heavy (non-hydrogen) atoms. The summed E-state index contributed by atoms with van der Waals surface area (Å²) in [5.41, 5.74) is 2.37. The van der Waals surface area contributed by atoms with Crippen molar-refractivity contribution in [3.05, 3.63) is 71.6 Å². The summed E-state index contributed by atoms with van der Waals surface area (Å²) in [4.78, 5) is 0. The number of hydrogen-bond acceptors (Lipinski definition) is 1. The number of halogens is 1. The Morgan fingerprint density at radius 1 is 0.818 bits per heavy atom. The lowest BCUT2D eigenvalue weighted by Gasteiger charge is -2.39. The molecule has 0 unspecified atom stereocenters. The summed E-state index contributed by atoms with van der Waals surface area (Å²) < 4.78 is 20.7. The minimum Gasteiger partial charge on any atom is -0.483 e. The molecule has 0 N–H and O–H groups in total. The average molecular weight is 294 g/mol. The Morgan fingerprint density at radius 2 is 1.50 bits per heavy atom. The fraction of sp³-hybridized carbons (Fsp3) is 0.300. The number of rotatable bonds is 1. The molecular weight excluding hydrogens is 275 g/mol. The van der Waals surface area contributed by atoms with Gasteiger partial charge in [-0.2, -0.15) is 0 Å². The second-order valence-electron chi connectivity index (χ2n) is 6.26. The molecule has 1 heterocycles. The van der Waals surface area contributed by atoms with Gasteiger partial charge in [0.1, 0.15) is 17.2 Å². The maximum absolute atomic E-state index is 14.3. The van der Waals surface area contributed by atoms with Crippen LogP contribution in [0.5, 0.6) is 5.75 Å². The van der Waals surface area contributed by atoms with Crippen LogP contribution in [0.2, 0.25) is 0 Å². The molecule has 1 aliphatic carbocycles. The fourth-order valence-corrected chi connectivity index (χ4v) is 3.67. The topological polar surface area (TPSA) is 9.23 Å². The molecule has 0 aromatic heterocycles. The molecule has 0 saturated heterocycles. The monoisotopic (exact) mass is 294 g/mol. The van der Waals surface area contributed by atoms with Gasteiger partial charge in [-0.1, -0.05) is 42.8 Å². The van der Waals surface area contributed by atoms with E-state index in [-0.39, 0.29) is 11.4 Å². The van der Waals surface area contributed by atoms with Gasteiger partial charge in [0.05, 0.1) is 0 Å². The van der Waals surface area contributed by atoms with Crippen molar-refractivity contribution in [3.8, 4) is 5.75 Å². The molecule has 1 fully saturated rings. The first-order valence-electron chi connectivity index (χ1n) is 8.04. The van der Waals surface area contributed by atoms with Gasteiger partial charge in [0, 0.05) is 11.1 Å². The van der Waals surface area contributed by atoms with Crippen molar-refractivity contribution >= 4 is 5.57 Å².